The third-order valence-corrected chi connectivity index (χ3v) is 3.74. The van der Waals surface area contributed by atoms with E-state index in [1.807, 2.05) is 4.90 Å². The molecular formula is C12H21F2NO2. The Hall–Kier alpha value is -0.260. The lowest BCUT2D eigenvalue weighted by Crippen LogP contribution is -2.56. The summed E-state index contributed by atoms with van der Waals surface area (Å²) in [6, 6.07) is -0.769. The molecule has 0 N–H and O–H groups in total. The third-order valence-electron chi connectivity index (χ3n) is 3.74. The molecule has 2 rings (SSSR count). The van der Waals surface area contributed by atoms with Crippen molar-refractivity contribution in [3.63, 3.8) is 0 Å². The lowest BCUT2D eigenvalue weighted by Gasteiger charge is -2.40. The van der Waals surface area contributed by atoms with Gasteiger partial charge in [-0.1, -0.05) is 6.42 Å². The molecule has 0 saturated carbocycles. The van der Waals surface area contributed by atoms with E-state index in [0.717, 1.165) is 32.4 Å². The molecule has 0 radical (unpaired) electrons. The SMILES string of the molecule is CC(N1CCCCC1)C(F)(F)C1COCCO1. The van der Waals surface area contributed by atoms with Crippen LogP contribution in [0.1, 0.15) is 26.2 Å². The molecule has 0 aliphatic carbocycles. The summed E-state index contributed by atoms with van der Waals surface area (Å²) in [6.45, 7) is 3.83. The molecule has 0 spiro atoms. The highest BCUT2D eigenvalue weighted by molar-refractivity contribution is 4.91. The molecule has 2 atom stereocenters. The van der Waals surface area contributed by atoms with Crippen molar-refractivity contribution in [2.24, 2.45) is 0 Å². The maximum Gasteiger partial charge on any atom is 0.290 e. The van der Waals surface area contributed by atoms with Gasteiger partial charge >= 0.3 is 0 Å². The van der Waals surface area contributed by atoms with Crippen LogP contribution in [0.5, 0.6) is 0 Å². The second-order valence-electron chi connectivity index (χ2n) is 4.88. The highest BCUT2D eigenvalue weighted by Crippen LogP contribution is 2.31. The van der Waals surface area contributed by atoms with E-state index in [9.17, 15) is 8.78 Å². The van der Waals surface area contributed by atoms with Gasteiger partial charge in [0, 0.05) is 0 Å². The molecule has 2 heterocycles. The summed E-state index contributed by atoms with van der Waals surface area (Å²) in [7, 11) is 0. The maximum atomic E-state index is 14.2. The summed E-state index contributed by atoms with van der Waals surface area (Å²) in [5.74, 6) is -2.84. The molecule has 2 unspecified atom stereocenters. The fourth-order valence-corrected chi connectivity index (χ4v) is 2.53. The molecule has 2 fully saturated rings. The number of ether oxygens (including phenoxy) is 2. The van der Waals surface area contributed by atoms with E-state index in [1.54, 1.807) is 6.92 Å². The minimum atomic E-state index is -2.84. The fraction of sp³-hybridized carbons (Fsp3) is 1.00. The van der Waals surface area contributed by atoms with Gasteiger partial charge in [-0.3, -0.25) is 4.90 Å². The van der Waals surface area contributed by atoms with Crippen molar-refractivity contribution in [1.29, 1.82) is 0 Å². The van der Waals surface area contributed by atoms with Crippen LogP contribution in [0.15, 0.2) is 0 Å². The largest absolute Gasteiger partial charge is 0.376 e. The predicted octanol–water partition coefficient (Wildman–Crippen LogP) is 1.91. The summed E-state index contributed by atoms with van der Waals surface area (Å²) in [5, 5.41) is 0. The van der Waals surface area contributed by atoms with E-state index >= 15 is 0 Å². The Labute approximate surface area is 101 Å². The van der Waals surface area contributed by atoms with Gasteiger partial charge in [-0.05, 0) is 32.9 Å². The number of piperidine rings is 1. The molecule has 2 saturated heterocycles. The molecule has 0 aromatic carbocycles. The van der Waals surface area contributed by atoms with Gasteiger partial charge in [0.1, 0.15) is 6.10 Å². The molecule has 100 valence electrons. The number of hydrogen-bond acceptors (Lipinski definition) is 3. The van der Waals surface area contributed by atoms with Crippen molar-refractivity contribution in [1.82, 2.24) is 4.90 Å². The second-order valence-corrected chi connectivity index (χ2v) is 4.88. The Bertz CT molecular complexity index is 239. The summed E-state index contributed by atoms with van der Waals surface area (Å²) in [5.41, 5.74) is 0. The maximum absolute atomic E-state index is 14.2. The first-order chi connectivity index (χ1) is 8.12. The van der Waals surface area contributed by atoms with E-state index in [4.69, 9.17) is 9.47 Å². The quantitative estimate of drug-likeness (QED) is 0.762. The van der Waals surface area contributed by atoms with Gasteiger partial charge in [0.15, 0.2) is 0 Å². The van der Waals surface area contributed by atoms with E-state index in [-0.39, 0.29) is 13.2 Å². The van der Waals surface area contributed by atoms with Crippen molar-refractivity contribution in [2.75, 3.05) is 32.9 Å². The Balaban J connectivity index is 1.96. The minimum absolute atomic E-state index is 0.00514. The number of nitrogens with zero attached hydrogens (tertiary/aromatic N) is 1. The molecule has 0 bridgehead atoms. The Morgan fingerprint density at radius 2 is 1.88 bits per heavy atom. The second kappa shape index (κ2) is 5.59. The summed E-state index contributed by atoms with van der Waals surface area (Å²) in [4.78, 5) is 1.88. The van der Waals surface area contributed by atoms with Gasteiger partial charge in [-0.25, -0.2) is 8.78 Å². The molecule has 2 aliphatic heterocycles. The highest BCUT2D eigenvalue weighted by atomic mass is 19.3. The van der Waals surface area contributed by atoms with Crippen molar-refractivity contribution in [3.05, 3.63) is 0 Å². The minimum Gasteiger partial charge on any atom is -0.376 e. The van der Waals surface area contributed by atoms with Crippen molar-refractivity contribution in [3.8, 4) is 0 Å². The van der Waals surface area contributed by atoms with Crippen LogP contribution >= 0.6 is 0 Å². The van der Waals surface area contributed by atoms with Crippen LogP contribution in [0.25, 0.3) is 0 Å². The molecule has 3 nitrogen and oxygen atoms in total. The molecule has 0 aromatic rings. The lowest BCUT2D eigenvalue weighted by molar-refractivity contribution is -0.217. The monoisotopic (exact) mass is 249 g/mol. The average molecular weight is 249 g/mol. The highest BCUT2D eigenvalue weighted by Gasteiger charge is 2.49. The van der Waals surface area contributed by atoms with Crippen LogP contribution in [0.2, 0.25) is 0 Å². The average Bonchev–Trinajstić information content (AvgIpc) is 2.40. The van der Waals surface area contributed by atoms with Gasteiger partial charge in [0.2, 0.25) is 0 Å². The lowest BCUT2D eigenvalue weighted by atomic mass is 10.0. The van der Waals surface area contributed by atoms with Crippen LogP contribution in [0.4, 0.5) is 8.78 Å². The van der Waals surface area contributed by atoms with Gasteiger partial charge in [-0.15, -0.1) is 0 Å². The van der Waals surface area contributed by atoms with Crippen LogP contribution in [0.3, 0.4) is 0 Å². The van der Waals surface area contributed by atoms with Crippen molar-refractivity contribution >= 4 is 0 Å². The van der Waals surface area contributed by atoms with Crippen LogP contribution in [-0.2, 0) is 9.47 Å². The standard InChI is InChI=1S/C12H21F2NO2/c1-10(15-5-3-2-4-6-15)12(13,14)11-9-16-7-8-17-11/h10-11H,2-9H2,1H3. The zero-order chi connectivity index (χ0) is 12.3. The number of alkyl halides is 2. The van der Waals surface area contributed by atoms with Crippen LogP contribution in [-0.4, -0.2) is 55.9 Å². The first-order valence-electron chi connectivity index (χ1n) is 6.43. The number of likely N-dealkylation sites (tertiary alicyclic amines) is 1. The molecule has 2 aliphatic rings. The van der Waals surface area contributed by atoms with Gasteiger partial charge in [-0.2, -0.15) is 0 Å². The van der Waals surface area contributed by atoms with Gasteiger partial charge in [0.25, 0.3) is 5.92 Å². The smallest absolute Gasteiger partial charge is 0.290 e. The molecule has 0 aromatic heterocycles. The summed E-state index contributed by atoms with van der Waals surface area (Å²) in [6.07, 6.45) is 2.09. The third kappa shape index (κ3) is 2.95. The van der Waals surface area contributed by atoms with Crippen LogP contribution < -0.4 is 0 Å². The first-order valence-corrected chi connectivity index (χ1v) is 6.43. The van der Waals surface area contributed by atoms with Gasteiger partial charge in [0.05, 0.1) is 25.9 Å². The Morgan fingerprint density at radius 1 is 1.18 bits per heavy atom. The van der Waals surface area contributed by atoms with E-state index in [0.29, 0.717) is 6.61 Å². The fourth-order valence-electron chi connectivity index (χ4n) is 2.53. The first kappa shape index (κ1) is 13.2. The predicted molar refractivity (Wildman–Crippen MR) is 60.4 cm³/mol. The number of hydrogen-bond donors (Lipinski definition) is 0. The molecule has 5 heteroatoms. The van der Waals surface area contributed by atoms with E-state index < -0.39 is 18.1 Å². The van der Waals surface area contributed by atoms with E-state index in [2.05, 4.69) is 0 Å². The topological polar surface area (TPSA) is 21.7 Å². The summed E-state index contributed by atoms with van der Waals surface area (Å²) >= 11 is 0. The number of halogens is 2. The normalized spacial score (nSPS) is 30.2. The molecular weight excluding hydrogens is 228 g/mol. The Kier molecular flexibility index (Phi) is 4.33. The van der Waals surface area contributed by atoms with E-state index in [1.165, 1.54) is 0 Å². The zero-order valence-corrected chi connectivity index (χ0v) is 10.3. The zero-order valence-electron chi connectivity index (χ0n) is 10.3. The molecule has 17 heavy (non-hydrogen) atoms. The molecule has 0 amide bonds. The Morgan fingerprint density at radius 3 is 2.47 bits per heavy atom. The summed E-state index contributed by atoms with van der Waals surface area (Å²) < 4.78 is 38.7. The van der Waals surface area contributed by atoms with Crippen molar-refractivity contribution < 1.29 is 18.3 Å². The van der Waals surface area contributed by atoms with Crippen LogP contribution in [0, 0.1) is 0 Å². The number of rotatable bonds is 3. The van der Waals surface area contributed by atoms with Crippen molar-refractivity contribution in [2.45, 2.75) is 44.3 Å². The van der Waals surface area contributed by atoms with Gasteiger partial charge < -0.3 is 9.47 Å².